The molecule has 140 valence electrons. The van der Waals surface area contributed by atoms with Gasteiger partial charge in [-0.25, -0.2) is 17.4 Å². The van der Waals surface area contributed by atoms with E-state index in [-0.39, 0.29) is 11.7 Å². The fraction of sp³-hybridized carbons (Fsp3) is 0.167. The fourth-order valence-electron chi connectivity index (χ4n) is 2.74. The van der Waals surface area contributed by atoms with E-state index in [2.05, 4.69) is 10.2 Å². The third kappa shape index (κ3) is 3.82. The van der Waals surface area contributed by atoms with E-state index in [0.717, 1.165) is 22.5 Å². The summed E-state index contributed by atoms with van der Waals surface area (Å²) in [6.45, 7) is 1.64. The second-order valence-corrected chi connectivity index (χ2v) is 8.28. The first-order chi connectivity index (χ1) is 12.8. The van der Waals surface area contributed by atoms with Gasteiger partial charge in [0.1, 0.15) is 17.3 Å². The number of guanidine groups is 1. The predicted molar refractivity (Wildman–Crippen MR) is 105 cm³/mol. The minimum absolute atomic E-state index is 0.0711. The molecule has 3 aromatic rings. The molecule has 27 heavy (non-hydrogen) atoms. The molecule has 0 unspecified atom stereocenters. The number of benzene rings is 1. The highest BCUT2D eigenvalue weighted by atomic mass is 32.2. The van der Waals surface area contributed by atoms with Gasteiger partial charge in [-0.1, -0.05) is 19.1 Å². The van der Waals surface area contributed by atoms with E-state index in [0.29, 0.717) is 4.90 Å². The zero-order chi connectivity index (χ0) is 19.6. The molecule has 0 atom stereocenters. The molecule has 0 spiro atoms. The number of fused-ring (bicyclic) bond motifs is 1. The number of aryl methyl sites for hydroxylation is 1. The normalized spacial score (nSPS) is 11.9. The number of hydrogen-bond donors (Lipinski definition) is 2. The molecule has 0 saturated carbocycles. The Morgan fingerprint density at radius 1 is 1.15 bits per heavy atom. The van der Waals surface area contributed by atoms with Crippen molar-refractivity contribution in [2.75, 3.05) is 5.75 Å². The number of imidazole rings is 1. The smallest absolute Gasteiger partial charge is 0.286 e. The van der Waals surface area contributed by atoms with Gasteiger partial charge < -0.3 is 11.5 Å². The zero-order valence-electron chi connectivity index (χ0n) is 15.1. The molecule has 0 fully saturated rings. The summed E-state index contributed by atoms with van der Waals surface area (Å²) >= 11 is 0. The van der Waals surface area contributed by atoms with Crippen LogP contribution in [0.5, 0.6) is 0 Å². The number of nitrogens with two attached hydrogens (primary N) is 2. The molecular weight excluding hydrogens is 364 g/mol. The molecule has 0 bridgehead atoms. The molecule has 9 heteroatoms. The first kappa shape index (κ1) is 18.6. The Hall–Kier alpha value is -3.20. The van der Waals surface area contributed by atoms with Crippen LogP contribution < -0.4 is 15.9 Å². The molecule has 0 aliphatic heterocycles. The lowest BCUT2D eigenvalue weighted by Gasteiger charge is -1.99. The molecule has 3 rings (SSSR count). The molecular formula is C18H21N6O2S+. The van der Waals surface area contributed by atoms with Crippen molar-refractivity contribution in [1.82, 2.24) is 4.57 Å². The van der Waals surface area contributed by atoms with Crippen molar-refractivity contribution in [3.05, 3.63) is 54.4 Å². The van der Waals surface area contributed by atoms with Crippen LogP contribution in [0.3, 0.4) is 0 Å². The third-order valence-corrected chi connectivity index (χ3v) is 5.94. The maximum Gasteiger partial charge on any atom is 0.286 e. The van der Waals surface area contributed by atoms with Gasteiger partial charge in [-0.15, -0.1) is 5.10 Å². The Morgan fingerprint density at radius 2 is 1.85 bits per heavy atom. The first-order valence-corrected chi connectivity index (χ1v) is 9.93. The molecule has 0 saturated heterocycles. The minimum atomic E-state index is -3.25. The summed E-state index contributed by atoms with van der Waals surface area (Å²) in [6.07, 6.45) is 5.11. The number of hydrogen-bond acceptors (Lipinski definition) is 4. The Bertz CT molecular complexity index is 1140. The van der Waals surface area contributed by atoms with E-state index in [9.17, 15) is 8.42 Å². The summed E-state index contributed by atoms with van der Waals surface area (Å²) in [6, 6.07) is 11.2. The van der Waals surface area contributed by atoms with Crippen LogP contribution in [-0.2, 0) is 16.9 Å². The van der Waals surface area contributed by atoms with Gasteiger partial charge in [0, 0.05) is 11.6 Å². The van der Waals surface area contributed by atoms with Crippen molar-refractivity contribution in [1.29, 1.82) is 0 Å². The molecule has 0 aliphatic rings. The Morgan fingerprint density at radius 3 is 2.48 bits per heavy atom. The molecule has 8 nitrogen and oxygen atoms in total. The van der Waals surface area contributed by atoms with Crippen molar-refractivity contribution in [2.45, 2.75) is 11.8 Å². The lowest BCUT2D eigenvalue weighted by molar-refractivity contribution is -0.512. The summed E-state index contributed by atoms with van der Waals surface area (Å²) < 4.78 is 28.1. The molecule has 1 aromatic carbocycles. The first-order valence-electron chi connectivity index (χ1n) is 8.27. The molecule has 2 aromatic heterocycles. The van der Waals surface area contributed by atoms with Crippen LogP contribution in [0.1, 0.15) is 12.5 Å². The topological polar surface area (TPSA) is 120 Å². The van der Waals surface area contributed by atoms with E-state index in [4.69, 9.17) is 11.5 Å². The van der Waals surface area contributed by atoms with Crippen molar-refractivity contribution in [2.24, 2.45) is 28.7 Å². The van der Waals surface area contributed by atoms with E-state index >= 15 is 0 Å². The van der Waals surface area contributed by atoms with Crippen molar-refractivity contribution in [3.8, 4) is 11.3 Å². The monoisotopic (exact) mass is 385 g/mol. The largest absolute Gasteiger partial charge is 0.369 e. The molecule has 0 amide bonds. The van der Waals surface area contributed by atoms with Crippen LogP contribution in [0.15, 0.2) is 63.9 Å². The van der Waals surface area contributed by atoms with Gasteiger partial charge in [-0.2, -0.15) is 5.10 Å². The summed E-state index contributed by atoms with van der Waals surface area (Å²) in [5, 5.41) is 7.35. The van der Waals surface area contributed by atoms with Gasteiger partial charge >= 0.3 is 0 Å². The number of aromatic nitrogens is 2. The second-order valence-electron chi connectivity index (χ2n) is 6.00. The Balaban J connectivity index is 1.98. The molecule has 0 radical (unpaired) electrons. The van der Waals surface area contributed by atoms with Gasteiger partial charge in [0.15, 0.2) is 15.5 Å². The van der Waals surface area contributed by atoms with Crippen molar-refractivity contribution >= 4 is 27.7 Å². The summed E-state index contributed by atoms with van der Waals surface area (Å²) in [7, 11) is -1.31. The highest BCUT2D eigenvalue weighted by Gasteiger charge is 2.19. The van der Waals surface area contributed by atoms with Crippen LogP contribution in [0.2, 0.25) is 0 Å². The van der Waals surface area contributed by atoms with Crippen molar-refractivity contribution in [3.63, 3.8) is 0 Å². The molecule has 2 heterocycles. The van der Waals surface area contributed by atoms with Crippen LogP contribution in [-0.4, -0.2) is 30.9 Å². The van der Waals surface area contributed by atoms with E-state index in [1.807, 2.05) is 52.5 Å². The second kappa shape index (κ2) is 7.20. The van der Waals surface area contributed by atoms with Gasteiger partial charge in [0.25, 0.3) is 5.65 Å². The maximum atomic E-state index is 12.1. The average Bonchev–Trinajstić information content (AvgIpc) is 2.98. The highest BCUT2D eigenvalue weighted by molar-refractivity contribution is 7.91. The standard InChI is InChI=1S/C18H21N6O2S/c1-3-27(25,26)15-8-9-17-23(2)16(12-24(17)11-15)14-6-4-13(5-7-14)10-21-22-18(19)20/h4-12H,3H2,1-2H3,(H4,19,20,22)/q+1/b21-10+. The van der Waals surface area contributed by atoms with E-state index in [1.165, 1.54) is 0 Å². The van der Waals surface area contributed by atoms with Crippen LogP contribution in [0, 0.1) is 0 Å². The van der Waals surface area contributed by atoms with Gasteiger partial charge in [0.2, 0.25) is 5.96 Å². The highest BCUT2D eigenvalue weighted by Crippen LogP contribution is 2.21. The van der Waals surface area contributed by atoms with Gasteiger partial charge in [-0.3, -0.25) is 0 Å². The minimum Gasteiger partial charge on any atom is -0.369 e. The van der Waals surface area contributed by atoms with Crippen LogP contribution in [0.25, 0.3) is 16.9 Å². The van der Waals surface area contributed by atoms with Gasteiger partial charge in [0.05, 0.1) is 19.0 Å². The number of sulfone groups is 1. The SMILES string of the molecule is CCS(=O)(=O)c1ccc2n(C)c(-c3ccc(/C=N/N=C(N)N)cc3)c[n+]2c1. The summed E-state index contributed by atoms with van der Waals surface area (Å²) in [5.74, 6) is -0.0263. The fourth-order valence-corrected chi connectivity index (χ4v) is 3.62. The third-order valence-electron chi connectivity index (χ3n) is 4.22. The van der Waals surface area contributed by atoms with E-state index in [1.54, 1.807) is 25.4 Å². The number of pyridine rings is 1. The Labute approximate surface area is 157 Å². The summed E-state index contributed by atoms with van der Waals surface area (Å²) in [5.41, 5.74) is 14.1. The predicted octanol–water partition coefficient (Wildman–Crippen LogP) is 0.832. The number of nitrogens with zero attached hydrogens (tertiary/aromatic N) is 4. The van der Waals surface area contributed by atoms with Crippen molar-refractivity contribution < 1.29 is 12.8 Å². The van der Waals surface area contributed by atoms with Crippen LogP contribution in [0.4, 0.5) is 0 Å². The number of rotatable bonds is 5. The lowest BCUT2D eigenvalue weighted by atomic mass is 10.1. The maximum absolute atomic E-state index is 12.1. The average molecular weight is 385 g/mol. The zero-order valence-corrected chi connectivity index (χ0v) is 15.9. The quantitative estimate of drug-likeness (QED) is 0.292. The van der Waals surface area contributed by atoms with Gasteiger partial charge in [-0.05, 0) is 23.8 Å². The summed E-state index contributed by atoms with van der Waals surface area (Å²) in [4.78, 5) is 0.311. The molecule has 4 N–H and O–H groups in total. The Kier molecular flexibility index (Phi) is 4.95. The van der Waals surface area contributed by atoms with Crippen LogP contribution >= 0.6 is 0 Å². The van der Waals surface area contributed by atoms with E-state index < -0.39 is 9.84 Å². The lowest BCUT2D eigenvalue weighted by Crippen LogP contribution is -2.21. The molecule has 0 aliphatic carbocycles.